The van der Waals surface area contributed by atoms with E-state index in [0.29, 0.717) is 13.2 Å². The van der Waals surface area contributed by atoms with E-state index in [0.717, 1.165) is 17.7 Å². The average molecular weight is 375 g/mol. The van der Waals surface area contributed by atoms with E-state index < -0.39 is 34.4 Å². The van der Waals surface area contributed by atoms with Crippen molar-refractivity contribution in [2.45, 2.75) is 38.8 Å². The van der Waals surface area contributed by atoms with Crippen LogP contribution in [0.1, 0.15) is 47.4 Å². The van der Waals surface area contributed by atoms with E-state index in [1.165, 1.54) is 18.2 Å². The molecule has 0 spiro atoms. The molecule has 0 aliphatic carbocycles. The normalized spacial score (nSPS) is 20.1. The molecule has 2 heterocycles. The summed E-state index contributed by atoms with van der Waals surface area (Å²) in [6, 6.07) is 2.84. The number of nitro benzene ring substituents is 1. The van der Waals surface area contributed by atoms with Gasteiger partial charge in [-0.1, -0.05) is 19.9 Å². The fourth-order valence-electron chi connectivity index (χ4n) is 3.53. The smallest absolute Gasteiger partial charge is 0.282 e. The van der Waals surface area contributed by atoms with Crippen LogP contribution in [-0.4, -0.2) is 52.8 Å². The van der Waals surface area contributed by atoms with Gasteiger partial charge in [-0.3, -0.25) is 29.4 Å². The first-order valence-corrected chi connectivity index (χ1v) is 8.87. The van der Waals surface area contributed by atoms with Crippen LogP contribution in [-0.2, 0) is 9.53 Å². The van der Waals surface area contributed by atoms with Crippen molar-refractivity contribution in [2.24, 2.45) is 5.92 Å². The summed E-state index contributed by atoms with van der Waals surface area (Å²) in [6.45, 7) is 4.38. The van der Waals surface area contributed by atoms with E-state index >= 15 is 0 Å². The number of hydrogen-bond acceptors (Lipinski definition) is 6. The van der Waals surface area contributed by atoms with Crippen LogP contribution in [0.2, 0.25) is 0 Å². The molecule has 0 bridgehead atoms. The second-order valence-electron chi connectivity index (χ2n) is 7.01. The van der Waals surface area contributed by atoms with Crippen LogP contribution in [0.4, 0.5) is 5.69 Å². The molecule has 1 aromatic carbocycles. The third-order valence-electron chi connectivity index (χ3n) is 4.83. The molecule has 0 radical (unpaired) electrons. The van der Waals surface area contributed by atoms with Crippen molar-refractivity contribution in [2.75, 3.05) is 13.2 Å². The zero-order valence-corrected chi connectivity index (χ0v) is 15.1. The van der Waals surface area contributed by atoms with Crippen LogP contribution in [0.25, 0.3) is 0 Å². The van der Waals surface area contributed by atoms with E-state index in [9.17, 15) is 24.5 Å². The Morgan fingerprint density at radius 2 is 2.11 bits per heavy atom. The molecule has 2 aliphatic rings. The fourth-order valence-corrected chi connectivity index (χ4v) is 3.53. The van der Waals surface area contributed by atoms with Gasteiger partial charge in [0, 0.05) is 19.2 Å². The number of nitrogens with one attached hydrogen (secondary N) is 1. The molecular weight excluding hydrogens is 354 g/mol. The third-order valence-corrected chi connectivity index (χ3v) is 4.83. The van der Waals surface area contributed by atoms with Gasteiger partial charge in [-0.2, -0.15) is 0 Å². The number of benzene rings is 1. The quantitative estimate of drug-likeness (QED) is 0.457. The lowest BCUT2D eigenvalue weighted by Crippen LogP contribution is -2.53. The van der Waals surface area contributed by atoms with Crippen molar-refractivity contribution >= 4 is 23.4 Å². The van der Waals surface area contributed by atoms with Crippen LogP contribution in [0, 0.1) is 16.0 Å². The number of hydrogen-bond donors (Lipinski definition) is 1. The number of carbonyl (C=O) groups excluding carboxylic acids is 3. The van der Waals surface area contributed by atoms with E-state index in [1.807, 2.05) is 0 Å². The molecule has 3 rings (SSSR count). The molecule has 3 amide bonds. The Balaban J connectivity index is 1.86. The van der Waals surface area contributed by atoms with E-state index in [2.05, 4.69) is 5.32 Å². The number of amides is 3. The number of rotatable bonds is 6. The van der Waals surface area contributed by atoms with Crippen LogP contribution < -0.4 is 5.32 Å². The molecule has 2 atom stereocenters. The maximum atomic E-state index is 12.8. The molecule has 27 heavy (non-hydrogen) atoms. The number of nitrogens with zero attached hydrogens (tertiary/aromatic N) is 2. The van der Waals surface area contributed by atoms with Crippen LogP contribution in [0.3, 0.4) is 0 Å². The minimum atomic E-state index is -1.06. The molecule has 9 nitrogen and oxygen atoms in total. The molecular formula is C18H21N3O6. The monoisotopic (exact) mass is 375 g/mol. The Hall–Kier alpha value is -2.81. The van der Waals surface area contributed by atoms with Gasteiger partial charge in [0.2, 0.25) is 5.91 Å². The summed E-state index contributed by atoms with van der Waals surface area (Å²) >= 11 is 0. The van der Waals surface area contributed by atoms with Gasteiger partial charge in [-0.05, 0) is 24.8 Å². The van der Waals surface area contributed by atoms with Gasteiger partial charge in [0.25, 0.3) is 17.5 Å². The van der Waals surface area contributed by atoms with Crippen molar-refractivity contribution in [3.05, 3.63) is 39.4 Å². The second kappa shape index (κ2) is 7.43. The number of fused-ring (bicyclic) bond motifs is 1. The molecule has 0 saturated carbocycles. The predicted molar refractivity (Wildman–Crippen MR) is 94.2 cm³/mol. The van der Waals surface area contributed by atoms with Gasteiger partial charge in [0.15, 0.2) is 0 Å². The van der Waals surface area contributed by atoms with Crippen molar-refractivity contribution in [1.82, 2.24) is 10.2 Å². The molecule has 9 heteroatoms. The largest absolute Gasteiger partial charge is 0.376 e. The first kappa shape index (κ1) is 19.0. The maximum Gasteiger partial charge on any atom is 0.282 e. The zero-order chi connectivity index (χ0) is 19.7. The summed E-state index contributed by atoms with van der Waals surface area (Å²) in [6.07, 6.45) is 1.69. The van der Waals surface area contributed by atoms with Crippen molar-refractivity contribution < 1.29 is 24.0 Å². The molecule has 1 N–H and O–H groups in total. The van der Waals surface area contributed by atoms with Crippen molar-refractivity contribution in [3.63, 3.8) is 0 Å². The third kappa shape index (κ3) is 3.42. The van der Waals surface area contributed by atoms with Gasteiger partial charge >= 0.3 is 0 Å². The van der Waals surface area contributed by atoms with Crippen molar-refractivity contribution in [1.29, 1.82) is 0 Å². The number of nitro groups is 1. The summed E-state index contributed by atoms with van der Waals surface area (Å²) in [5.74, 6) is -2.34. The topological polar surface area (TPSA) is 119 Å². The molecule has 2 aliphatic heterocycles. The summed E-state index contributed by atoms with van der Waals surface area (Å²) < 4.78 is 5.47. The lowest BCUT2D eigenvalue weighted by molar-refractivity contribution is -0.385. The lowest BCUT2D eigenvalue weighted by Gasteiger charge is -2.28. The summed E-state index contributed by atoms with van der Waals surface area (Å²) in [5, 5.41) is 14.0. The maximum absolute atomic E-state index is 12.8. The highest BCUT2D eigenvalue weighted by Gasteiger charge is 2.47. The van der Waals surface area contributed by atoms with Crippen LogP contribution in [0.15, 0.2) is 18.2 Å². The Kier molecular flexibility index (Phi) is 5.22. The average Bonchev–Trinajstić information content (AvgIpc) is 3.22. The van der Waals surface area contributed by atoms with Gasteiger partial charge in [0.1, 0.15) is 11.6 Å². The Morgan fingerprint density at radius 3 is 2.70 bits per heavy atom. The second-order valence-corrected chi connectivity index (χ2v) is 7.01. The highest BCUT2D eigenvalue weighted by atomic mass is 16.6. The minimum Gasteiger partial charge on any atom is -0.376 e. The van der Waals surface area contributed by atoms with Gasteiger partial charge in [-0.25, -0.2) is 0 Å². The van der Waals surface area contributed by atoms with Crippen LogP contribution in [0.5, 0.6) is 0 Å². The number of ether oxygens (including phenoxy) is 1. The standard InChI is InChI=1S/C18H21N3O6/c1-10(2)15(16(22)19-9-11-5-4-8-27-11)20-17(23)12-6-3-7-13(21(25)26)14(12)18(20)24/h3,6-7,10-11,15H,4-5,8-9H2,1-2H3,(H,19,22)/t11-,15-/m0/s1. The minimum absolute atomic E-state index is 0.0493. The predicted octanol–water partition coefficient (Wildman–Crippen LogP) is 1.51. The highest BCUT2D eigenvalue weighted by molar-refractivity contribution is 6.24. The van der Waals surface area contributed by atoms with Gasteiger partial charge < -0.3 is 10.1 Å². The molecule has 1 fully saturated rings. The SMILES string of the molecule is CC(C)[C@@H](C(=O)NC[C@@H]1CCCO1)N1C(=O)c2cccc([N+](=O)[O-])c2C1=O. The van der Waals surface area contributed by atoms with E-state index in [-0.39, 0.29) is 23.1 Å². The van der Waals surface area contributed by atoms with E-state index in [4.69, 9.17) is 4.74 Å². The van der Waals surface area contributed by atoms with Gasteiger partial charge in [-0.15, -0.1) is 0 Å². The first-order chi connectivity index (χ1) is 12.8. The first-order valence-electron chi connectivity index (χ1n) is 8.87. The van der Waals surface area contributed by atoms with E-state index in [1.54, 1.807) is 13.8 Å². The summed E-state index contributed by atoms with van der Waals surface area (Å²) in [4.78, 5) is 49.7. The molecule has 0 unspecified atom stereocenters. The number of carbonyl (C=O) groups is 3. The summed E-state index contributed by atoms with van der Waals surface area (Å²) in [7, 11) is 0. The summed E-state index contributed by atoms with van der Waals surface area (Å²) in [5.41, 5.74) is -0.743. The molecule has 1 saturated heterocycles. The fraction of sp³-hybridized carbons (Fsp3) is 0.500. The van der Waals surface area contributed by atoms with Crippen molar-refractivity contribution in [3.8, 4) is 0 Å². The molecule has 0 aromatic heterocycles. The zero-order valence-electron chi connectivity index (χ0n) is 15.1. The molecule has 1 aromatic rings. The Bertz CT molecular complexity index is 800. The lowest BCUT2D eigenvalue weighted by atomic mass is 10.0. The number of imide groups is 1. The Morgan fingerprint density at radius 1 is 1.37 bits per heavy atom. The Labute approximate surface area is 155 Å². The van der Waals surface area contributed by atoms with Gasteiger partial charge in [0.05, 0.1) is 16.6 Å². The highest BCUT2D eigenvalue weighted by Crippen LogP contribution is 2.33. The molecule has 144 valence electrons. The van der Waals surface area contributed by atoms with Crippen LogP contribution >= 0.6 is 0 Å².